The molecule has 0 amide bonds. The highest BCUT2D eigenvalue weighted by molar-refractivity contribution is 5.82. The summed E-state index contributed by atoms with van der Waals surface area (Å²) in [4.78, 5) is 16.3. The van der Waals surface area contributed by atoms with Crippen molar-refractivity contribution in [2.45, 2.75) is 46.5 Å². The zero-order valence-electron chi connectivity index (χ0n) is 14.0. The molecule has 1 unspecified atom stereocenters. The molecule has 0 aromatic carbocycles. The van der Waals surface area contributed by atoms with Crippen molar-refractivity contribution in [3.63, 3.8) is 0 Å². The van der Waals surface area contributed by atoms with Gasteiger partial charge in [-0.25, -0.2) is 0 Å². The second kappa shape index (κ2) is 5.77. The average Bonchev–Trinajstić information content (AvgIpc) is 2.89. The van der Waals surface area contributed by atoms with Crippen molar-refractivity contribution in [1.29, 1.82) is 5.26 Å². The van der Waals surface area contributed by atoms with Crippen LogP contribution in [-0.4, -0.2) is 10.8 Å². The van der Waals surface area contributed by atoms with Gasteiger partial charge < -0.3 is 0 Å². The number of pyridine rings is 1. The molecular formula is C20H22N2O. The molecule has 1 saturated carbocycles. The molecule has 0 bridgehead atoms. The number of ketones is 1. The Morgan fingerprint density at radius 3 is 2.87 bits per heavy atom. The Hall–Kier alpha value is -2.21. The van der Waals surface area contributed by atoms with Crippen LogP contribution >= 0.6 is 0 Å². The minimum Gasteiger partial charge on any atom is -0.300 e. The van der Waals surface area contributed by atoms with Gasteiger partial charge in [0.25, 0.3) is 0 Å². The van der Waals surface area contributed by atoms with Gasteiger partial charge in [0.05, 0.1) is 5.56 Å². The molecule has 118 valence electrons. The first-order chi connectivity index (χ1) is 10.9. The summed E-state index contributed by atoms with van der Waals surface area (Å²) in [5.41, 5.74) is 5.39. The molecule has 0 radical (unpaired) electrons. The molecular weight excluding hydrogens is 284 g/mol. The van der Waals surface area contributed by atoms with Crippen LogP contribution in [0.4, 0.5) is 0 Å². The van der Waals surface area contributed by atoms with Gasteiger partial charge in [-0.1, -0.05) is 25.5 Å². The Morgan fingerprint density at radius 2 is 2.17 bits per heavy atom. The summed E-state index contributed by atoms with van der Waals surface area (Å²) in [5.74, 6) is 0.835. The van der Waals surface area contributed by atoms with E-state index in [1.807, 2.05) is 12.3 Å². The molecule has 0 spiro atoms. The summed E-state index contributed by atoms with van der Waals surface area (Å²) in [6.45, 7) is 6.51. The van der Waals surface area contributed by atoms with E-state index in [0.717, 1.165) is 24.8 Å². The highest BCUT2D eigenvalue weighted by atomic mass is 16.1. The van der Waals surface area contributed by atoms with E-state index >= 15 is 0 Å². The van der Waals surface area contributed by atoms with Gasteiger partial charge in [-0.2, -0.15) is 5.26 Å². The standard InChI is InChI=1S/C20H22N2O/c1-13-4-18(23)9-20(3,8-13)17-5-14(2)19(7-17)16-6-15(10-21)11-22-12-16/h5-6,11-13H,4,7-9H2,1-3H3/t13?,20-/m0/s1. The number of carbonyl (C=O) groups excluding carboxylic acids is 1. The molecule has 23 heavy (non-hydrogen) atoms. The molecule has 1 heterocycles. The zero-order chi connectivity index (χ0) is 16.6. The maximum absolute atomic E-state index is 12.1. The van der Waals surface area contributed by atoms with Crippen molar-refractivity contribution >= 4 is 11.4 Å². The molecule has 2 atom stereocenters. The van der Waals surface area contributed by atoms with Crippen LogP contribution in [0.25, 0.3) is 5.57 Å². The second-order valence-corrected chi connectivity index (χ2v) is 7.37. The van der Waals surface area contributed by atoms with Crippen molar-refractivity contribution in [2.24, 2.45) is 11.3 Å². The molecule has 3 nitrogen and oxygen atoms in total. The molecule has 1 fully saturated rings. The van der Waals surface area contributed by atoms with Crippen LogP contribution in [0.15, 0.2) is 35.7 Å². The number of nitriles is 1. The molecule has 2 aliphatic carbocycles. The van der Waals surface area contributed by atoms with E-state index in [-0.39, 0.29) is 5.41 Å². The van der Waals surface area contributed by atoms with Gasteiger partial charge in [0, 0.05) is 25.2 Å². The number of allylic oxidation sites excluding steroid dienone is 4. The molecule has 0 aliphatic heterocycles. The lowest BCUT2D eigenvalue weighted by Crippen LogP contribution is -2.31. The first-order valence-corrected chi connectivity index (χ1v) is 8.19. The molecule has 0 N–H and O–H groups in total. The van der Waals surface area contributed by atoms with E-state index in [4.69, 9.17) is 5.26 Å². The lowest BCUT2D eigenvalue weighted by atomic mass is 9.66. The van der Waals surface area contributed by atoms with Crippen LogP contribution in [-0.2, 0) is 4.79 Å². The van der Waals surface area contributed by atoms with E-state index in [1.54, 1.807) is 6.20 Å². The van der Waals surface area contributed by atoms with Crippen molar-refractivity contribution in [1.82, 2.24) is 4.98 Å². The smallest absolute Gasteiger partial charge is 0.134 e. The van der Waals surface area contributed by atoms with Crippen LogP contribution < -0.4 is 0 Å². The Labute approximate surface area is 137 Å². The SMILES string of the molecule is CC1=C(c2cncc(C#N)c2)CC([C@]2(C)CC(=O)CC(C)C2)=C1. The maximum atomic E-state index is 12.1. The molecule has 3 rings (SSSR count). The molecule has 1 aromatic heterocycles. The van der Waals surface area contributed by atoms with Crippen LogP contribution in [0.2, 0.25) is 0 Å². The van der Waals surface area contributed by atoms with Gasteiger partial charge in [-0.3, -0.25) is 9.78 Å². The van der Waals surface area contributed by atoms with Crippen molar-refractivity contribution in [3.05, 3.63) is 46.8 Å². The van der Waals surface area contributed by atoms with Crippen LogP contribution in [0.3, 0.4) is 0 Å². The predicted octanol–water partition coefficient (Wildman–Crippen LogP) is 4.45. The fourth-order valence-corrected chi connectivity index (χ4v) is 4.17. The zero-order valence-corrected chi connectivity index (χ0v) is 14.0. The van der Waals surface area contributed by atoms with Gasteiger partial charge in [0.15, 0.2) is 0 Å². The first-order valence-electron chi connectivity index (χ1n) is 8.19. The van der Waals surface area contributed by atoms with Gasteiger partial charge in [-0.15, -0.1) is 0 Å². The lowest BCUT2D eigenvalue weighted by Gasteiger charge is -2.37. The van der Waals surface area contributed by atoms with Crippen LogP contribution in [0, 0.1) is 22.7 Å². The molecule has 1 aromatic rings. The van der Waals surface area contributed by atoms with Gasteiger partial charge in [0.2, 0.25) is 0 Å². The van der Waals surface area contributed by atoms with Crippen LogP contribution in [0.1, 0.15) is 57.6 Å². The Balaban J connectivity index is 1.87. The lowest BCUT2D eigenvalue weighted by molar-refractivity contribution is -0.124. The number of rotatable bonds is 2. The van der Waals surface area contributed by atoms with E-state index in [1.165, 1.54) is 16.7 Å². The molecule has 2 aliphatic rings. The highest BCUT2D eigenvalue weighted by Crippen LogP contribution is 2.49. The Bertz CT molecular complexity index is 766. The first kappa shape index (κ1) is 15.7. The fourth-order valence-electron chi connectivity index (χ4n) is 4.17. The van der Waals surface area contributed by atoms with E-state index in [2.05, 4.69) is 37.9 Å². The van der Waals surface area contributed by atoms with Gasteiger partial charge in [-0.05, 0) is 53.9 Å². The molecule has 0 saturated heterocycles. The summed E-state index contributed by atoms with van der Waals surface area (Å²) in [6, 6.07) is 4.05. The van der Waals surface area contributed by atoms with Crippen molar-refractivity contribution in [2.75, 3.05) is 0 Å². The Kier molecular flexibility index (Phi) is 3.93. The predicted molar refractivity (Wildman–Crippen MR) is 90.4 cm³/mol. The second-order valence-electron chi connectivity index (χ2n) is 7.37. The highest BCUT2D eigenvalue weighted by Gasteiger charge is 2.39. The third-order valence-electron chi connectivity index (χ3n) is 5.19. The largest absolute Gasteiger partial charge is 0.300 e. The summed E-state index contributed by atoms with van der Waals surface area (Å²) in [7, 11) is 0. The fraction of sp³-hybridized carbons (Fsp3) is 0.450. The summed E-state index contributed by atoms with van der Waals surface area (Å²) in [6.07, 6.45) is 8.97. The van der Waals surface area contributed by atoms with Crippen molar-refractivity contribution in [3.8, 4) is 6.07 Å². The third-order valence-corrected chi connectivity index (χ3v) is 5.19. The quantitative estimate of drug-likeness (QED) is 0.811. The molecule has 3 heteroatoms. The average molecular weight is 306 g/mol. The third kappa shape index (κ3) is 2.99. The normalized spacial score (nSPS) is 27.8. The van der Waals surface area contributed by atoms with E-state index in [0.29, 0.717) is 23.7 Å². The number of hydrogen-bond acceptors (Lipinski definition) is 3. The number of hydrogen-bond donors (Lipinski definition) is 0. The minimum atomic E-state index is -0.0297. The van der Waals surface area contributed by atoms with Gasteiger partial charge >= 0.3 is 0 Å². The maximum Gasteiger partial charge on any atom is 0.134 e. The van der Waals surface area contributed by atoms with E-state index in [9.17, 15) is 4.79 Å². The minimum absolute atomic E-state index is 0.0297. The number of aromatic nitrogens is 1. The number of nitrogens with zero attached hydrogens (tertiary/aromatic N) is 2. The van der Waals surface area contributed by atoms with Gasteiger partial charge in [0.1, 0.15) is 11.9 Å². The number of Topliss-reactive ketones (excluding diaryl/α,β-unsaturated/α-hetero) is 1. The van der Waals surface area contributed by atoms with Crippen LogP contribution in [0.5, 0.6) is 0 Å². The van der Waals surface area contributed by atoms with Crippen molar-refractivity contribution < 1.29 is 4.79 Å². The number of carbonyl (C=O) groups is 1. The topological polar surface area (TPSA) is 53.8 Å². The summed E-state index contributed by atoms with van der Waals surface area (Å²) < 4.78 is 0. The Morgan fingerprint density at radius 1 is 1.39 bits per heavy atom. The van der Waals surface area contributed by atoms with E-state index < -0.39 is 0 Å². The summed E-state index contributed by atoms with van der Waals surface area (Å²) in [5, 5.41) is 9.07. The summed E-state index contributed by atoms with van der Waals surface area (Å²) >= 11 is 0. The monoisotopic (exact) mass is 306 g/mol.